The molecule has 4 aromatic rings. The fourth-order valence-corrected chi connectivity index (χ4v) is 3.89. The van der Waals surface area contributed by atoms with Gasteiger partial charge in [-0.25, -0.2) is 0 Å². The highest BCUT2D eigenvalue weighted by atomic mass is 16.6. The first kappa shape index (κ1) is 20.6. The van der Waals surface area contributed by atoms with Gasteiger partial charge in [-0.15, -0.1) is 0 Å². The van der Waals surface area contributed by atoms with Crippen LogP contribution in [0.15, 0.2) is 72.8 Å². The Morgan fingerprint density at radius 1 is 1.06 bits per heavy atom. The van der Waals surface area contributed by atoms with Crippen LogP contribution in [0.2, 0.25) is 0 Å². The van der Waals surface area contributed by atoms with Gasteiger partial charge < -0.3 is 4.57 Å². The highest BCUT2D eigenvalue weighted by Crippen LogP contribution is 2.31. The summed E-state index contributed by atoms with van der Waals surface area (Å²) in [5.74, 6) is 0. The molecule has 0 aliphatic heterocycles. The zero-order valence-corrected chi connectivity index (χ0v) is 17.3. The second-order valence-electron chi connectivity index (χ2n) is 7.35. The molecule has 154 valence electrons. The van der Waals surface area contributed by atoms with Crippen LogP contribution in [0, 0.1) is 39.7 Å². The number of hydrogen-bond donors (Lipinski definition) is 0. The van der Waals surface area contributed by atoms with Crippen molar-refractivity contribution in [3.63, 3.8) is 0 Å². The summed E-state index contributed by atoms with van der Waals surface area (Å²) in [6, 6.07) is 25.9. The normalized spacial score (nSPS) is 11.2. The first-order valence-corrected chi connectivity index (χ1v) is 9.96. The largest absolute Gasteiger partial charge is 0.340 e. The van der Waals surface area contributed by atoms with Crippen LogP contribution in [0.1, 0.15) is 27.9 Å². The van der Waals surface area contributed by atoms with E-state index in [0.717, 1.165) is 27.7 Å². The molecule has 32 heavy (non-hydrogen) atoms. The average molecular weight is 418 g/mol. The molecule has 0 atom stereocenters. The van der Waals surface area contributed by atoms with E-state index in [1.807, 2.05) is 49.4 Å². The van der Waals surface area contributed by atoms with E-state index in [9.17, 15) is 20.6 Å². The summed E-state index contributed by atoms with van der Waals surface area (Å²) in [5.41, 5.74) is 5.11. The summed E-state index contributed by atoms with van der Waals surface area (Å²) < 4.78 is 2.12. The van der Waals surface area contributed by atoms with E-state index in [2.05, 4.69) is 16.7 Å². The van der Waals surface area contributed by atoms with Gasteiger partial charge in [0.15, 0.2) is 0 Å². The summed E-state index contributed by atoms with van der Waals surface area (Å²) in [7, 11) is 0. The Kier molecular flexibility index (Phi) is 5.53. The van der Waals surface area contributed by atoms with Crippen molar-refractivity contribution in [1.29, 1.82) is 10.5 Å². The molecule has 0 saturated heterocycles. The molecule has 3 aromatic carbocycles. The molecular formula is C26H18N4O2. The molecule has 1 aromatic heterocycles. The average Bonchev–Trinajstić information content (AvgIpc) is 3.08. The third-order valence-electron chi connectivity index (χ3n) is 5.52. The van der Waals surface area contributed by atoms with Crippen molar-refractivity contribution in [1.82, 2.24) is 4.57 Å². The van der Waals surface area contributed by atoms with Crippen LogP contribution < -0.4 is 0 Å². The molecule has 6 nitrogen and oxygen atoms in total. The third-order valence-corrected chi connectivity index (χ3v) is 5.52. The highest BCUT2D eigenvalue weighted by Gasteiger charge is 2.16. The van der Waals surface area contributed by atoms with Gasteiger partial charge in [-0.05, 0) is 36.3 Å². The van der Waals surface area contributed by atoms with Crippen molar-refractivity contribution >= 4 is 28.2 Å². The van der Waals surface area contributed by atoms with Gasteiger partial charge in [0, 0.05) is 40.8 Å². The van der Waals surface area contributed by atoms with Gasteiger partial charge >= 0.3 is 0 Å². The Morgan fingerprint density at radius 2 is 1.81 bits per heavy atom. The van der Waals surface area contributed by atoms with E-state index >= 15 is 0 Å². The molecule has 0 bridgehead atoms. The van der Waals surface area contributed by atoms with Crippen LogP contribution in [-0.2, 0) is 6.54 Å². The highest BCUT2D eigenvalue weighted by molar-refractivity contribution is 5.99. The molecule has 6 heteroatoms. The number of rotatable bonds is 5. The number of non-ortho nitro benzene ring substituents is 1. The topological polar surface area (TPSA) is 95.6 Å². The predicted molar refractivity (Wildman–Crippen MR) is 124 cm³/mol. The van der Waals surface area contributed by atoms with Gasteiger partial charge in [0.1, 0.15) is 0 Å². The van der Waals surface area contributed by atoms with Gasteiger partial charge in [-0.3, -0.25) is 10.1 Å². The summed E-state index contributed by atoms with van der Waals surface area (Å²) >= 11 is 0. The lowest BCUT2D eigenvalue weighted by Crippen LogP contribution is -2.03. The van der Waals surface area contributed by atoms with E-state index in [0.29, 0.717) is 23.2 Å². The van der Waals surface area contributed by atoms with Crippen molar-refractivity contribution in [2.75, 3.05) is 0 Å². The van der Waals surface area contributed by atoms with Crippen molar-refractivity contribution < 1.29 is 4.92 Å². The molecule has 1 heterocycles. The number of nitriles is 2. The Labute approximate surface area is 185 Å². The Balaban J connectivity index is 1.88. The van der Waals surface area contributed by atoms with E-state index in [1.165, 1.54) is 12.1 Å². The minimum Gasteiger partial charge on any atom is -0.340 e. The quantitative estimate of drug-likeness (QED) is 0.231. The van der Waals surface area contributed by atoms with E-state index in [-0.39, 0.29) is 5.69 Å². The van der Waals surface area contributed by atoms with Crippen LogP contribution in [0.25, 0.3) is 22.6 Å². The van der Waals surface area contributed by atoms with Crippen LogP contribution in [0.4, 0.5) is 5.69 Å². The number of nitro groups is 1. The van der Waals surface area contributed by atoms with Gasteiger partial charge in [0.25, 0.3) is 5.69 Å². The number of aromatic nitrogens is 1. The van der Waals surface area contributed by atoms with Gasteiger partial charge in [0.2, 0.25) is 0 Å². The Hall–Kier alpha value is -4.68. The zero-order chi connectivity index (χ0) is 22.7. The predicted octanol–water partition coefficient (Wildman–Crippen LogP) is 5.84. The third kappa shape index (κ3) is 3.74. The van der Waals surface area contributed by atoms with Crippen molar-refractivity contribution in [3.05, 3.63) is 111 Å². The minimum absolute atomic E-state index is 0.0593. The summed E-state index contributed by atoms with van der Waals surface area (Å²) in [6.45, 7) is 2.49. The molecule has 0 N–H and O–H groups in total. The number of nitrogens with zero attached hydrogens (tertiary/aromatic N) is 4. The maximum Gasteiger partial charge on any atom is 0.270 e. The van der Waals surface area contributed by atoms with Crippen LogP contribution in [0.3, 0.4) is 0 Å². The maximum absolute atomic E-state index is 11.2. The van der Waals surface area contributed by atoms with E-state index < -0.39 is 4.92 Å². The lowest BCUT2D eigenvalue weighted by atomic mass is 10.0. The van der Waals surface area contributed by atoms with Crippen molar-refractivity contribution in [2.24, 2.45) is 0 Å². The Bertz CT molecular complexity index is 1470. The molecule has 4 rings (SSSR count). The van der Waals surface area contributed by atoms with Crippen LogP contribution in [0.5, 0.6) is 0 Å². The smallest absolute Gasteiger partial charge is 0.270 e. The first-order chi connectivity index (χ1) is 15.5. The standard InChI is InChI=1S/C26H18N4O2/c1-18-25(14-22(16-28)19-9-6-10-23(13-19)30(31)32)24-11-4-5-12-26(24)29(18)17-21-8-3-2-7-20(21)15-27/h2-14H,17H2,1H3/b22-14-. The minimum atomic E-state index is -0.470. The number of nitro benzene ring substituents is 1. The lowest BCUT2D eigenvalue weighted by molar-refractivity contribution is -0.384. The number of fused-ring (bicyclic) bond motifs is 1. The van der Waals surface area contributed by atoms with E-state index in [4.69, 9.17) is 0 Å². The molecule has 0 radical (unpaired) electrons. The van der Waals surface area contributed by atoms with Crippen LogP contribution >= 0.6 is 0 Å². The SMILES string of the molecule is Cc1c(/C=C(/C#N)c2cccc([N+](=O)[O-])c2)c2ccccc2n1Cc1ccccc1C#N. The second kappa shape index (κ2) is 8.59. The van der Waals surface area contributed by atoms with Crippen molar-refractivity contribution in [2.45, 2.75) is 13.5 Å². The molecule has 0 fully saturated rings. The maximum atomic E-state index is 11.2. The molecule has 0 aliphatic carbocycles. The summed E-state index contributed by atoms with van der Waals surface area (Å²) in [4.78, 5) is 10.7. The number of hydrogen-bond acceptors (Lipinski definition) is 4. The zero-order valence-electron chi connectivity index (χ0n) is 17.3. The van der Waals surface area contributed by atoms with Gasteiger partial charge in [-0.2, -0.15) is 10.5 Å². The summed E-state index contributed by atoms with van der Waals surface area (Å²) in [6.07, 6.45) is 1.78. The van der Waals surface area contributed by atoms with Crippen LogP contribution in [-0.4, -0.2) is 9.49 Å². The molecular weight excluding hydrogens is 400 g/mol. The molecule has 0 aliphatic rings. The molecule has 0 saturated carbocycles. The molecule has 0 unspecified atom stereocenters. The fourth-order valence-electron chi connectivity index (χ4n) is 3.89. The molecule has 0 amide bonds. The number of allylic oxidation sites excluding steroid dienone is 1. The number of benzene rings is 3. The monoisotopic (exact) mass is 418 g/mol. The van der Waals surface area contributed by atoms with E-state index in [1.54, 1.807) is 24.3 Å². The van der Waals surface area contributed by atoms with Crippen molar-refractivity contribution in [3.8, 4) is 12.1 Å². The van der Waals surface area contributed by atoms with Gasteiger partial charge in [-0.1, -0.05) is 48.5 Å². The lowest BCUT2D eigenvalue weighted by Gasteiger charge is -2.10. The van der Waals surface area contributed by atoms with Gasteiger partial charge in [0.05, 0.1) is 28.2 Å². The molecule has 0 spiro atoms. The second-order valence-corrected chi connectivity index (χ2v) is 7.35. The fraction of sp³-hybridized carbons (Fsp3) is 0.0769. The Morgan fingerprint density at radius 3 is 2.56 bits per heavy atom. The first-order valence-electron chi connectivity index (χ1n) is 9.96. The number of para-hydroxylation sites is 1. The summed E-state index contributed by atoms with van der Waals surface area (Å²) in [5, 5.41) is 31.4.